The van der Waals surface area contributed by atoms with Crippen molar-refractivity contribution in [3.63, 3.8) is 0 Å². The Kier molecular flexibility index (Phi) is 6.20. The molecule has 1 aromatic rings. The standard InChI is InChI=1S/C17H25Cl2N/c1-3-12-6-8-17(20-4-2)14(9-12)10-13-5-7-15(18)16(19)11-13/h5,7,11-12,14,17,20H,3-4,6,8-10H2,1-2H3. The normalized spacial score (nSPS) is 26.7. The van der Waals surface area contributed by atoms with Gasteiger partial charge in [0.05, 0.1) is 10.0 Å². The van der Waals surface area contributed by atoms with E-state index in [1.807, 2.05) is 12.1 Å². The highest BCUT2D eigenvalue weighted by atomic mass is 35.5. The van der Waals surface area contributed by atoms with Crippen LogP contribution in [0.3, 0.4) is 0 Å². The number of hydrogen-bond acceptors (Lipinski definition) is 1. The van der Waals surface area contributed by atoms with E-state index >= 15 is 0 Å². The van der Waals surface area contributed by atoms with Crippen LogP contribution >= 0.6 is 23.2 Å². The number of benzene rings is 1. The van der Waals surface area contributed by atoms with Crippen molar-refractivity contribution < 1.29 is 0 Å². The SMILES string of the molecule is CCNC1CCC(CC)CC1Cc1ccc(Cl)c(Cl)c1. The molecule has 0 amide bonds. The zero-order chi connectivity index (χ0) is 14.5. The maximum atomic E-state index is 6.14. The predicted molar refractivity (Wildman–Crippen MR) is 88.8 cm³/mol. The number of nitrogens with one attached hydrogen (secondary N) is 1. The Hall–Kier alpha value is -0.240. The third-order valence-corrected chi connectivity index (χ3v) is 5.36. The van der Waals surface area contributed by atoms with Crippen molar-refractivity contribution >= 4 is 23.2 Å². The molecular weight excluding hydrogens is 289 g/mol. The molecule has 0 spiro atoms. The van der Waals surface area contributed by atoms with E-state index in [2.05, 4.69) is 25.2 Å². The first-order valence-electron chi connectivity index (χ1n) is 7.81. The van der Waals surface area contributed by atoms with Gasteiger partial charge in [0.1, 0.15) is 0 Å². The summed E-state index contributed by atoms with van der Waals surface area (Å²) < 4.78 is 0. The van der Waals surface area contributed by atoms with Gasteiger partial charge in [-0.15, -0.1) is 0 Å². The molecule has 1 saturated carbocycles. The Labute approximate surface area is 133 Å². The van der Waals surface area contributed by atoms with Crippen molar-refractivity contribution in [2.75, 3.05) is 6.54 Å². The summed E-state index contributed by atoms with van der Waals surface area (Å²) in [6, 6.07) is 6.72. The van der Waals surface area contributed by atoms with Crippen LogP contribution in [0.2, 0.25) is 10.0 Å². The highest BCUT2D eigenvalue weighted by Crippen LogP contribution is 2.34. The average Bonchev–Trinajstić information content (AvgIpc) is 2.45. The van der Waals surface area contributed by atoms with Crippen LogP contribution in [0.4, 0.5) is 0 Å². The van der Waals surface area contributed by atoms with Crippen LogP contribution in [0.15, 0.2) is 18.2 Å². The van der Waals surface area contributed by atoms with Crippen molar-refractivity contribution in [3.05, 3.63) is 33.8 Å². The lowest BCUT2D eigenvalue weighted by Crippen LogP contribution is -2.41. The van der Waals surface area contributed by atoms with Crippen LogP contribution in [-0.4, -0.2) is 12.6 Å². The fraction of sp³-hybridized carbons (Fsp3) is 0.647. The van der Waals surface area contributed by atoms with Crippen LogP contribution in [0, 0.1) is 11.8 Å². The van der Waals surface area contributed by atoms with E-state index in [0.29, 0.717) is 22.0 Å². The van der Waals surface area contributed by atoms with E-state index in [4.69, 9.17) is 23.2 Å². The lowest BCUT2D eigenvalue weighted by atomic mass is 9.74. The molecule has 0 radical (unpaired) electrons. The van der Waals surface area contributed by atoms with Gasteiger partial charge in [-0.3, -0.25) is 0 Å². The zero-order valence-electron chi connectivity index (χ0n) is 12.5. The first-order valence-corrected chi connectivity index (χ1v) is 8.56. The van der Waals surface area contributed by atoms with E-state index < -0.39 is 0 Å². The van der Waals surface area contributed by atoms with Crippen LogP contribution < -0.4 is 5.32 Å². The molecule has 112 valence electrons. The summed E-state index contributed by atoms with van der Waals surface area (Å²) in [5, 5.41) is 4.99. The second-order valence-corrected chi connectivity index (χ2v) is 6.78. The van der Waals surface area contributed by atoms with Gasteiger partial charge in [-0.1, -0.05) is 49.5 Å². The molecule has 0 aliphatic heterocycles. The van der Waals surface area contributed by atoms with E-state index in [0.717, 1.165) is 18.9 Å². The molecule has 3 heteroatoms. The van der Waals surface area contributed by atoms with Crippen LogP contribution in [0.25, 0.3) is 0 Å². The minimum Gasteiger partial charge on any atom is -0.314 e. The number of halogens is 2. The van der Waals surface area contributed by atoms with Gasteiger partial charge in [0.15, 0.2) is 0 Å². The fourth-order valence-electron chi connectivity index (χ4n) is 3.46. The van der Waals surface area contributed by atoms with Crippen LogP contribution in [0.5, 0.6) is 0 Å². The summed E-state index contributed by atoms with van der Waals surface area (Å²) in [6.45, 7) is 5.57. The molecule has 1 aliphatic carbocycles. The molecule has 0 aromatic heterocycles. The molecule has 1 aromatic carbocycles. The number of rotatable bonds is 5. The first-order chi connectivity index (χ1) is 9.63. The Morgan fingerprint density at radius 1 is 1.15 bits per heavy atom. The molecule has 20 heavy (non-hydrogen) atoms. The van der Waals surface area contributed by atoms with E-state index in [9.17, 15) is 0 Å². The molecule has 1 fully saturated rings. The highest BCUT2D eigenvalue weighted by molar-refractivity contribution is 6.42. The van der Waals surface area contributed by atoms with E-state index in [1.165, 1.54) is 31.2 Å². The molecule has 3 unspecified atom stereocenters. The Morgan fingerprint density at radius 3 is 2.60 bits per heavy atom. The molecule has 1 N–H and O–H groups in total. The predicted octanol–water partition coefficient (Wildman–Crippen LogP) is 5.34. The van der Waals surface area contributed by atoms with Crippen LogP contribution in [0.1, 0.15) is 45.1 Å². The van der Waals surface area contributed by atoms with E-state index in [-0.39, 0.29) is 0 Å². The summed E-state index contributed by atoms with van der Waals surface area (Å²) in [7, 11) is 0. The van der Waals surface area contributed by atoms with Crippen molar-refractivity contribution in [1.82, 2.24) is 5.32 Å². The van der Waals surface area contributed by atoms with Gasteiger partial charge < -0.3 is 5.32 Å². The molecule has 0 heterocycles. The molecule has 1 nitrogen and oxygen atoms in total. The first kappa shape index (κ1) is 16.1. The van der Waals surface area contributed by atoms with Gasteiger partial charge in [-0.2, -0.15) is 0 Å². The van der Waals surface area contributed by atoms with Crippen molar-refractivity contribution in [3.8, 4) is 0 Å². The third-order valence-electron chi connectivity index (χ3n) is 4.62. The molecule has 0 bridgehead atoms. The summed E-state index contributed by atoms with van der Waals surface area (Å²) in [4.78, 5) is 0. The largest absolute Gasteiger partial charge is 0.314 e. The van der Waals surface area contributed by atoms with Gasteiger partial charge in [0.2, 0.25) is 0 Å². The molecule has 0 saturated heterocycles. The minimum absolute atomic E-state index is 0.647. The molecular formula is C17H25Cl2N. The van der Waals surface area contributed by atoms with Gasteiger partial charge in [-0.25, -0.2) is 0 Å². The quantitative estimate of drug-likeness (QED) is 0.773. The second kappa shape index (κ2) is 7.68. The zero-order valence-corrected chi connectivity index (χ0v) is 14.0. The van der Waals surface area contributed by atoms with Gasteiger partial charge in [0.25, 0.3) is 0 Å². The molecule has 3 atom stereocenters. The smallest absolute Gasteiger partial charge is 0.0595 e. The van der Waals surface area contributed by atoms with E-state index in [1.54, 1.807) is 0 Å². The Morgan fingerprint density at radius 2 is 1.95 bits per heavy atom. The lowest BCUT2D eigenvalue weighted by Gasteiger charge is -2.36. The highest BCUT2D eigenvalue weighted by Gasteiger charge is 2.29. The third kappa shape index (κ3) is 4.13. The Balaban J connectivity index is 2.07. The van der Waals surface area contributed by atoms with Gasteiger partial charge in [-0.05, 0) is 61.8 Å². The molecule has 2 rings (SSSR count). The molecule has 1 aliphatic rings. The number of hydrogen-bond donors (Lipinski definition) is 1. The summed E-state index contributed by atoms with van der Waals surface area (Å²) in [5.74, 6) is 1.60. The minimum atomic E-state index is 0.647. The van der Waals surface area contributed by atoms with Crippen molar-refractivity contribution in [2.45, 2.75) is 52.0 Å². The van der Waals surface area contributed by atoms with Crippen molar-refractivity contribution in [1.29, 1.82) is 0 Å². The summed E-state index contributed by atoms with van der Waals surface area (Å²) in [6.07, 6.45) is 6.40. The fourth-order valence-corrected chi connectivity index (χ4v) is 3.78. The van der Waals surface area contributed by atoms with Gasteiger partial charge in [0, 0.05) is 6.04 Å². The van der Waals surface area contributed by atoms with Crippen LogP contribution in [-0.2, 0) is 6.42 Å². The topological polar surface area (TPSA) is 12.0 Å². The van der Waals surface area contributed by atoms with Gasteiger partial charge >= 0.3 is 0 Å². The monoisotopic (exact) mass is 313 g/mol. The maximum absolute atomic E-state index is 6.14. The average molecular weight is 314 g/mol. The maximum Gasteiger partial charge on any atom is 0.0595 e. The second-order valence-electron chi connectivity index (χ2n) is 5.96. The Bertz CT molecular complexity index is 433. The summed E-state index contributed by atoms with van der Waals surface area (Å²) >= 11 is 12.1. The summed E-state index contributed by atoms with van der Waals surface area (Å²) in [5.41, 5.74) is 1.31. The lowest BCUT2D eigenvalue weighted by molar-refractivity contribution is 0.200. The van der Waals surface area contributed by atoms with Crippen molar-refractivity contribution in [2.24, 2.45) is 11.8 Å².